The number of H-pyrrole nitrogens is 2. The number of aromatic amines is 2. The molecule has 22 heavy (non-hydrogen) atoms. The number of carbonyl (C=O) groups is 2. The Labute approximate surface area is 124 Å². The Hall–Kier alpha value is -3.16. The summed E-state index contributed by atoms with van der Waals surface area (Å²) in [5.41, 5.74) is 2.50. The number of methoxy groups -OCH3 is 1. The Morgan fingerprint density at radius 2 is 2.14 bits per heavy atom. The Morgan fingerprint density at radius 1 is 1.36 bits per heavy atom. The lowest BCUT2D eigenvalue weighted by atomic mass is 10.1. The minimum atomic E-state index is -1.53. The smallest absolute Gasteiger partial charge is 0.377 e. The van der Waals surface area contributed by atoms with E-state index in [0.29, 0.717) is 28.0 Å². The van der Waals surface area contributed by atoms with Crippen molar-refractivity contribution in [1.29, 1.82) is 0 Å². The first-order chi connectivity index (χ1) is 10.5. The van der Waals surface area contributed by atoms with E-state index < -0.39 is 11.8 Å². The maximum absolute atomic E-state index is 11.8. The van der Waals surface area contributed by atoms with Crippen LogP contribution in [0.2, 0.25) is 0 Å². The van der Waals surface area contributed by atoms with Crippen molar-refractivity contribution in [3.63, 3.8) is 0 Å². The molecule has 0 atom stereocenters. The van der Waals surface area contributed by atoms with E-state index in [1.54, 1.807) is 6.07 Å². The number of pyridine rings is 1. The fourth-order valence-corrected chi connectivity index (χ4v) is 2.31. The molecule has 3 aromatic rings. The largest absolute Gasteiger partial charge is 0.494 e. The quantitative estimate of drug-likeness (QED) is 0.496. The van der Waals surface area contributed by atoms with Crippen LogP contribution in [0.1, 0.15) is 16.1 Å². The van der Waals surface area contributed by atoms with E-state index in [4.69, 9.17) is 9.84 Å². The highest BCUT2D eigenvalue weighted by molar-refractivity contribution is 6.42. The van der Waals surface area contributed by atoms with E-state index >= 15 is 0 Å². The lowest BCUT2D eigenvalue weighted by molar-refractivity contribution is -0.131. The molecule has 3 rings (SSSR count). The molecule has 0 saturated heterocycles. The number of ether oxygens (including phenoxy) is 1. The minimum absolute atomic E-state index is 0.0271. The van der Waals surface area contributed by atoms with Crippen molar-refractivity contribution in [2.75, 3.05) is 7.11 Å². The SMILES string of the molecule is COc1cnc(-c2cc(C)n[nH]2)c2[nH]cc(C(=O)C(=O)O)c12. The van der Waals surface area contributed by atoms with Gasteiger partial charge >= 0.3 is 5.97 Å². The molecule has 8 heteroatoms. The summed E-state index contributed by atoms with van der Waals surface area (Å²) in [6.45, 7) is 1.83. The summed E-state index contributed by atoms with van der Waals surface area (Å²) < 4.78 is 5.20. The number of fused-ring (bicyclic) bond motifs is 1. The van der Waals surface area contributed by atoms with Crippen LogP contribution in [-0.4, -0.2) is 44.1 Å². The Bertz CT molecular complexity index is 894. The normalized spacial score (nSPS) is 10.8. The molecular formula is C14H12N4O4. The fourth-order valence-electron chi connectivity index (χ4n) is 2.31. The predicted molar refractivity (Wildman–Crippen MR) is 76.9 cm³/mol. The van der Waals surface area contributed by atoms with Crippen LogP contribution >= 0.6 is 0 Å². The summed E-state index contributed by atoms with van der Waals surface area (Å²) in [7, 11) is 1.43. The highest BCUT2D eigenvalue weighted by atomic mass is 16.5. The Kier molecular flexibility index (Phi) is 3.13. The van der Waals surface area contributed by atoms with Gasteiger partial charge in [-0.05, 0) is 13.0 Å². The number of carbonyl (C=O) groups excluding carboxylic acids is 1. The van der Waals surface area contributed by atoms with E-state index in [2.05, 4.69) is 20.2 Å². The second-order valence-electron chi connectivity index (χ2n) is 4.68. The van der Waals surface area contributed by atoms with Gasteiger partial charge in [0.15, 0.2) is 0 Å². The van der Waals surface area contributed by atoms with Gasteiger partial charge in [-0.2, -0.15) is 5.10 Å². The summed E-state index contributed by atoms with van der Waals surface area (Å²) in [6, 6.07) is 1.80. The van der Waals surface area contributed by atoms with Crippen LogP contribution in [0.5, 0.6) is 5.75 Å². The van der Waals surface area contributed by atoms with E-state index in [1.807, 2.05) is 6.92 Å². The molecule has 0 bridgehead atoms. The molecule has 0 amide bonds. The summed E-state index contributed by atoms with van der Waals surface area (Å²) in [5, 5.41) is 16.2. The van der Waals surface area contributed by atoms with Gasteiger partial charge in [0.05, 0.1) is 41.2 Å². The number of carboxylic acid groups (broad SMARTS) is 1. The first-order valence-electron chi connectivity index (χ1n) is 6.37. The highest BCUT2D eigenvalue weighted by Gasteiger charge is 2.24. The van der Waals surface area contributed by atoms with Crippen molar-refractivity contribution in [1.82, 2.24) is 20.2 Å². The third kappa shape index (κ3) is 2.01. The average molecular weight is 300 g/mol. The molecule has 0 aromatic carbocycles. The van der Waals surface area contributed by atoms with Gasteiger partial charge in [-0.1, -0.05) is 0 Å². The summed E-state index contributed by atoms with van der Waals surface area (Å²) in [6.07, 6.45) is 2.79. The number of aromatic nitrogens is 4. The summed E-state index contributed by atoms with van der Waals surface area (Å²) in [4.78, 5) is 30.0. The van der Waals surface area contributed by atoms with Crippen molar-refractivity contribution in [3.05, 3.63) is 29.7 Å². The maximum Gasteiger partial charge on any atom is 0.377 e. The third-order valence-corrected chi connectivity index (χ3v) is 3.29. The molecule has 0 fully saturated rings. The third-order valence-electron chi connectivity index (χ3n) is 3.29. The number of nitrogens with one attached hydrogen (secondary N) is 2. The van der Waals surface area contributed by atoms with Crippen molar-refractivity contribution < 1.29 is 19.4 Å². The average Bonchev–Trinajstić information content (AvgIpc) is 3.12. The van der Waals surface area contributed by atoms with E-state index in [9.17, 15) is 9.59 Å². The number of ketones is 1. The van der Waals surface area contributed by atoms with Crippen LogP contribution in [0.3, 0.4) is 0 Å². The van der Waals surface area contributed by atoms with Gasteiger partial charge in [-0.25, -0.2) is 9.78 Å². The molecule has 0 saturated carbocycles. The zero-order chi connectivity index (χ0) is 15.9. The van der Waals surface area contributed by atoms with Crippen molar-refractivity contribution in [2.24, 2.45) is 0 Å². The number of carboxylic acids is 1. The first kappa shape index (κ1) is 13.8. The van der Waals surface area contributed by atoms with Crippen molar-refractivity contribution >= 4 is 22.7 Å². The standard InChI is InChI=1S/C14H12N4O4/c1-6-3-8(18-17-6)11-12-10(9(22-2)5-16-11)7(4-15-12)13(19)14(20)21/h3-5,15H,1-2H3,(H,17,18)(H,20,21). The Morgan fingerprint density at radius 3 is 2.73 bits per heavy atom. The number of aliphatic carboxylic acids is 1. The first-order valence-corrected chi connectivity index (χ1v) is 6.37. The Balaban J connectivity index is 2.30. The van der Waals surface area contributed by atoms with Crippen LogP contribution < -0.4 is 4.74 Å². The zero-order valence-electron chi connectivity index (χ0n) is 11.8. The second kappa shape index (κ2) is 4.99. The van der Waals surface area contributed by atoms with Crippen LogP contribution in [0.4, 0.5) is 0 Å². The van der Waals surface area contributed by atoms with E-state index in [1.165, 1.54) is 19.5 Å². The molecular weight excluding hydrogens is 288 g/mol. The monoisotopic (exact) mass is 300 g/mol. The van der Waals surface area contributed by atoms with Crippen molar-refractivity contribution in [3.8, 4) is 17.1 Å². The topological polar surface area (TPSA) is 121 Å². The predicted octanol–water partition coefficient (Wildman–Crippen LogP) is 1.54. The summed E-state index contributed by atoms with van der Waals surface area (Å²) in [5.74, 6) is -2.22. The minimum Gasteiger partial charge on any atom is -0.494 e. The number of hydrogen-bond acceptors (Lipinski definition) is 5. The maximum atomic E-state index is 11.8. The molecule has 0 aliphatic carbocycles. The van der Waals surface area contributed by atoms with Crippen LogP contribution in [0.15, 0.2) is 18.5 Å². The molecule has 0 spiro atoms. The fraction of sp³-hybridized carbons (Fsp3) is 0.143. The van der Waals surface area contributed by atoms with Gasteiger partial charge < -0.3 is 14.8 Å². The highest BCUT2D eigenvalue weighted by Crippen LogP contribution is 2.34. The summed E-state index contributed by atoms with van der Waals surface area (Å²) >= 11 is 0. The molecule has 0 radical (unpaired) electrons. The van der Waals surface area contributed by atoms with Gasteiger partial charge in [0.1, 0.15) is 11.4 Å². The number of rotatable bonds is 4. The lowest BCUT2D eigenvalue weighted by Gasteiger charge is -2.06. The molecule has 112 valence electrons. The van der Waals surface area contributed by atoms with Crippen LogP contribution in [-0.2, 0) is 4.79 Å². The lowest BCUT2D eigenvalue weighted by Crippen LogP contribution is -2.12. The molecule has 0 aliphatic rings. The number of hydrogen-bond donors (Lipinski definition) is 3. The molecule has 0 aliphatic heterocycles. The van der Waals surface area contributed by atoms with E-state index in [-0.39, 0.29) is 5.56 Å². The zero-order valence-corrected chi connectivity index (χ0v) is 11.8. The van der Waals surface area contributed by atoms with Gasteiger partial charge in [-0.15, -0.1) is 0 Å². The molecule has 3 heterocycles. The number of aryl methyl sites for hydroxylation is 1. The molecule has 3 N–H and O–H groups in total. The van der Waals surface area contributed by atoms with Crippen LogP contribution in [0.25, 0.3) is 22.3 Å². The van der Waals surface area contributed by atoms with Gasteiger partial charge in [-0.3, -0.25) is 9.89 Å². The van der Waals surface area contributed by atoms with E-state index in [0.717, 1.165) is 5.69 Å². The number of nitrogens with zero attached hydrogens (tertiary/aromatic N) is 2. The number of Topliss-reactive ketones (excluding diaryl/α,β-unsaturated/α-hetero) is 1. The molecule has 3 aromatic heterocycles. The van der Waals surface area contributed by atoms with Gasteiger partial charge in [0.25, 0.3) is 5.78 Å². The molecule has 8 nitrogen and oxygen atoms in total. The van der Waals surface area contributed by atoms with Crippen LogP contribution in [0, 0.1) is 6.92 Å². The second-order valence-corrected chi connectivity index (χ2v) is 4.68. The molecule has 0 unspecified atom stereocenters. The van der Waals surface area contributed by atoms with Gasteiger partial charge in [0, 0.05) is 6.20 Å². The van der Waals surface area contributed by atoms with Crippen molar-refractivity contribution in [2.45, 2.75) is 6.92 Å². The van der Waals surface area contributed by atoms with Gasteiger partial charge in [0.2, 0.25) is 0 Å².